The van der Waals surface area contributed by atoms with Gasteiger partial charge < -0.3 is 0 Å². The molecule has 0 spiro atoms. The quantitative estimate of drug-likeness (QED) is 0.602. The van der Waals surface area contributed by atoms with E-state index in [1.165, 1.54) is 16.0 Å². The van der Waals surface area contributed by atoms with Crippen molar-refractivity contribution in [1.82, 2.24) is 4.98 Å². The molecular formula is C21H21NOS. The molecular weight excluding hydrogens is 314 g/mol. The highest BCUT2D eigenvalue weighted by Crippen LogP contribution is 2.25. The van der Waals surface area contributed by atoms with Crippen molar-refractivity contribution in [2.75, 3.05) is 0 Å². The van der Waals surface area contributed by atoms with Gasteiger partial charge in [0.25, 0.3) is 0 Å². The minimum Gasteiger partial charge on any atom is -0.299 e. The predicted molar refractivity (Wildman–Crippen MR) is 100 cm³/mol. The summed E-state index contributed by atoms with van der Waals surface area (Å²) in [5, 5.41) is 1.06. The Bertz CT molecular complexity index is 805. The lowest BCUT2D eigenvalue weighted by Crippen LogP contribution is -2.07. The van der Waals surface area contributed by atoms with Crippen molar-refractivity contribution in [3.8, 4) is 11.1 Å². The fraction of sp³-hybridized carbons (Fsp3) is 0.238. The van der Waals surface area contributed by atoms with E-state index in [0.29, 0.717) is 12.8 Å². The lowest BCUT2D eigenvalue weighted by Gasteiger charge is -2.08. The summed E-state index contributed by atoms with van der Waals surface area (Å²) in [4.78, 5) is 17.9. The molecule has 24 heavy (non-hydrogen) atoms. The first-order valence-corrected chi connectivity index (χ1v) is 9.02. The minimum absolute atomic E-state index is 0.194. The molecule has 2 nitrogen and oxygen atoms in total. The van der Waals surface area contributed by atoms with Crippen LogP contribution < -0.4 is 0 Å². The molecule has 0 amide bonds. The molecule has 122 valence electrons. The molecule has 0 N–H and O–H groups in total. The van der Waals surface area contributed by atoms with Crippen molar-refractivity contribution in [1.29, 1.82) is 0 Å². The molecule has 0 saturated carbocycles. The topological polar surface area (TPSA) is 30.0 Å². The molecule has 0 unspecified atom stereocenters. The number of aryl methyl sites for hydroxylation is 1. The van der Waals surface area contributed by atoms with Crippen molar-refractivity contribution in [2.24, 2.45) is 0 Å². The molecule has 0 saturated heterocycles. The second-order valence-electron chi connectivity index (χ2n) is 6.19. The SMILES string of the molecule is Cc1cnc([C@@H](C)CC(=O)Cc2ccc(-c3ccccc3)cc2)s1. The number of nitrogens with zero attached hydrogens (tertiary/aromatic N) is 1. The summed E-state index contributed by atoms with van der Waals surface area (Å²) in [6.45, 7) is 4.12. The number of Topliss-reactive ketones (excluding diaryl/α,β-unsaturated/α-hetero) is 1. The summed E-state index contributed by atoms with van der Waals surface area (Å²) in [5.41, 5.74) is 3.45. The fourth-order valence-corrected chi connectivity index (χ4v) is 3.60. The molecule has 1 aromatic heterocycles. The number of hydrogen-bond donors (Lipinski definition) is 0. The largest absolute Gasteiger partial charge is 0.299 e. The second-order valence-corrected chi connectivity index (χ2v) is 7.46. The molecule has 1 atom stereocenters. The average molecular weight is 335 g/mol. The van der Waals surface area contributed by atoms with Gasteiger partial charge in [-0.25, -0.2) is 4.98 Å². The Morgan fingerprint density at radius 1 is 1.04 bits per heavy atom. The Kier molecular flexibility index (Phi) is 5.21. The van der Waals surface area contributed by atoms with Crippen LogP contribution in [-0.4, -0.2) is 10.8 Å². The molecule has 0 aliphatic carbocycles. The third-order valence-corrected chi connectivity index (χ3v) is 5.20. The first-order chi connectivity index (χ1) is 11.6. The zero-order valence-corrected chi connectivity index (χ0v) is 14.8. The lowest BCUT2D eigenvalue weighted by molar-refractivity contribution is -0.118. The van der Waals surface area contributed by atoms with E-state index in [2.05, 4.69) is 48.3 Å². The van der Waals surface area contributed by atoms with Crippen molar-refractivity contribution in [3.05, 3.63) is 76.2 Å². The highest BCUT2D eigenvalue weighted by Gasteiger charge is 2.14. The van der Waals surface area contributed by atoms with Crippen LogP contribution in [0.15, 0.2) is 60.8 Å². The maximum absolute atomic E-state index is 12.3. The van der Waals surface area contributed by atoms with Crippen molar-refractivity contribution >= 4 is 17.1 Å². The highest BCUT2D eigenvalue weighted by molar-refractivity contribution is 7.11. The maximum atomic E-state index is 12.3. The Labute approximate surface area is 147 Å². The van der Waals surface area contributed by atoms with Gasteiger partial charge in [-0.15, -0.1) is 11.3 Å². The van der Waals surface area contributed by atoms with Crippen molar-refractivity contribution in [2.45, 2.75) is 32.6 Å². The van der Waals surface area contributed by atoms with Crippen LogP contribution in [0.2, 0.25) is 0 Å². The Hall–Kier alpha value is -2.26. The molecule has 3 rings (SSSR count). The smallest absolute Gasteiger partial charge is 0.137 e. The molecule has 0 aliphatic rings. The van der Waals surface area contributed by atoms with Crippen LogP contribution in [0.3, 0.4) is 0 Å². The van der Waals surface area contributed by atoms with Gasteiger partial charge in [0.15, 0.2) is 0 Å². The Morgan fingerprint density at radius 3 is 2.33 bits per heavy atom. The van der Waals surface area contributed by atoms with E-state index < -0.39 is 0 Å². The van der Waals surface area contributed by atoms with E-state index in [9.17, 15) is 4.79 Å². The van der Waals surface area contributed by atoms with Gasteiger partial charge in [0.2, 0.25) is 0 Å². The summed E-state index contributed by atoms with van der Waals surface area (Å²) in [5.74, 6) is 0.461. The molecule has 3 aromatic rings. The van der Waals surface area contributed by atoms with E-state index in [0.717, 1.165) is 10.6 Å². The first kappa shape index (κ1) is 16.6. The van der Waals surface area contributed by atoms with Gasteiger partial charge in [-0.3, -0.25) is 4.79 Å². The number of carbonyl (C=O) groups excluding carboxylic acids is 1. The Balaban J connectivity index is 1.60. The zero-order valence-electron chi connectivity index (χ0n) is 14.0. The van der Waals surface area contributed by atoms with Gasteiger partial charge >= 0.3 is 0 Å². The van der Waals surface area contributed by atoms with Crippen LogP contribution in [0.4, 0.5) is 0 Å². The molecule has 2 aromatic carbocycles. The lowest BCUT2D eigenvalue weighted by atomic mass is 9.98. The zero-order chi connectivity index (χ0) is 16.9. The van der Waals surface area contributed by atoms with Gasteiger partial charge in [-0.05, 0) is 23.6 Å². The number of thiazole rings is 1. The minimum atomic E-state index is 0.194. The molecule has 0 radical (unpaired) electrons. The van der Waals surface area contributed by atoms with Gasteiger partial charge in [0, 0.05) is 29.8 Å². The maximum Gasteiger partial charge on any atom is 0.137 e. The number of ketones is 1. The molecule has 1 heterocycles. The standard InChI is InChI=1S/C21H21NOS/c1-15(21-22-14-16(2)24-21)12-20(23)13-17-8-10-19(11-9-17)18-6-4-3-5-7-18/h3-11,14-15H,12-13H2,1-2H3/t15-/m0/s1. The normalized spacial score (nSPS) is 12.1. The Morgan fingerprint density at radius 2 is 1.71 bits per heavy atom. The highest BCUT2D eigenvalue weighted by atomic mass is 32.1. The van der Waals surface area contributed by atoms with Crippen molar-refractivity contribution < 1.29 is 4.79 Å². The van der Waals surface area contributed by atoms with Gasteiger partial charge in [0.1, 0.15) is 5.78 Å². The van der Waals surface area contributed by atoms with Gasteiger partial charge in [0.05, 0.1) is 5.01 Å². The van der Waals surface area contributed by atoms with Crippen LogP contribution in [-0.2, 0) is 11.2 Å². The van der Waals surface area contributed by atoms with Crippen LogP contribution in [0.25, 0.3) is 11.1 Å². The van der Waals surface area contributed by atoms with Crippen LogP contribution >= 0.6 is 11.3 Å². The van der Waals surface area contributed by atoms with E-state index in [4.69, 9.17) is 0 Å². The monoisotopic (exact) mass is 335 g/mol. The third-order valence-electron chi connectivity index (χ3n) is 4.06. The first-order valence-electron chi connectivity index (χ1n) is 8.20. The molecule has 0 aliphatic heterocycles. The number of rotatable bonds is 6. The van der Waals surface area contributed by atoms with Crippen LogP contribution in [0, 0.1) is 6.92 Å². The van der Waals surface area contributed by atoms with E-state index >= 15 is 0 Å². The second kappa shape index (κ2) is 7.54. The fourth-order valence-electron chi connectivity index (χ4n) is 2.77. The summed E-state index contributed by atoms with van der Waals surface area (Å²) < 4.78 is 0. The summed E-state index contributed by atoms with van der Waals surface area (Å²) >= 11 is 1.68. The predicted octanol–water partition coefficient (Wildman–Crippen LogP) is 5.42. The molecule has 0 fully saturated rings. The van der Waals surface area contributed by atoms with E-state index in [1.807, 2.05) is 31.3 Å². The number of carbonyl (C=O) groups is 1. The van der Waals surface area contributed by atoms with Crippen LogP contribution in [0.1, 0.15) is 34.7 Å². The van der Waals surface area contributed by atoms with Gasteiger partial charge in [-0.1, -0.05) is 61.5 Å². The third kappa shape index (κ3) is 4.18. The van der Waals surface area contributed by atoms with Crippen LogP contribution in [0.5, 0.6) is 0 Å². The van der Waals surface area contributed by atoms with Crippen molar-refractivity contribution in [3.63, 3.8) is 0 Å². The summed E-state index contributed by atoms with van der Waals surface area (Å²) in [6, 6.07) is 18.6. The van der Waals surface area contributed by atoms with Gasteiger partial charge in [-0.2, -0.15) is 0 Å². The molecule has 0 bridgehead atoms. The number of aromatic nitrogens is 1. The van der Waals surface area contributed by atoms with E-state index in [1.54, 1.807) is 11.3 Å². The summed E-state index contributed by atoms with van der Waals surface area (Å²) in [7, 11) is 0. The number of hydrogen-bond acceptors (Lipinski definition) is 3. The average Bonchev–Trinajstić information content (AvgIpc) is 3.03. The number of benzene rings is 2. The van der Waals surface area contributed by atoms with E-state index in [-0.39, 0.29) is 11.7 Å². The molecule has 3 heteroatoms. The summed E-state index contributed by atoms with van der Waals surface area (Å²) in [6.07, 6.45) is 2.92.